The Morgan fingerprint density at radius 2 is 2.05 bits per heavy atom. The number of rotatable bonds is 2. The lowest BCUT2D eigenvalue weighted by Crippen LogP contribution is -1.99. The van der Waals surface area contributed by atoms with Crippen LogP contribution >= 0.6 is 46.4 Å². The quantitative estimate of drug-likeness (QED) is 0.474. The molecule has 0 aliphatic rings. The summed E-state index contributed by atoms with van der Waals surface area (Å²) in [6, 6.07) is 14.1. The Morgan fingerprint density at radius 1 is 1.21 bits per heavy atom. The third-order valence-corrected chi connectivity index (χ3v) is 4.19. The third-order valence-electron chi connectivity index (χ3n) is 2.97. The van der Waals surface area contributed by atoms with Gasteiger partial charge >= 0.3 is 0 Å². The van der Waals surface area contributed by atoms with Gasteiger partial charge in [-0.1, -0.05) is 23.7 Å². The third kappa shape index (κ3) is 2.70. The first-order valence-corrected chi connectivity index (χ1v) is 7.62. The average Bonchev–Trinajstić information content (AvgIpc) is 2.65. The summed E-state index contributed by atoms with van der Waals surface area (Å²) < 4.78 is 4.01. The van der Waals surface area contributed by atoms with E-state index in [1.165, 1.54) is 3.57 Å². The van der Waals surface area contributed by atoms with Gasteiger partial charge in [-0.05, 0) is 70.7 Å². The molecule has 0 aliphatic carbocycles. The summed E-state index contributed by atoms with van der Waals surface area (Å²) in [5.41, 5.74) is 3.33. The van der Waals surface area contributed by atoms with E-state index in [2.05, 4.69) is 56.4 Å². The minimum absolute atomic E-state index is 0.722. The number of nitrogens with one attached hydrogen (secondary N) is 1. The summed E-state index contributed by atoms with van der Waals surface area (Å²) >= 11 is 13.7. The Bertz CT molecular complexity index is 807. The van der Waals surface area contributed by atoms with Crippen LogP contribution in [-0.4, -0.2) is 9.55 Å². The Hall–Kier alpha value is -0.850. The SMILES string of the molecule is S=c1[nH]c2cc(I)ccc2n1Cc1cccc(Cl)c1. The molecule has 0 saturated carbocycles. The first-order chi connectivity index (χ1) is 9.13. The molecule has 0 spiro atoms. The van der Waals surface area contributed by atoms with Crippen molar-refractivity contribution in [1.82, 2.24) is 9.55 Å². The van der Waals surface area contributed by atoms with Crippen molar-refractivity contribution in [3.63, 3.8) is 0 Å². The van der Waals surface area contributed by atoms with Crippen LogP contribution in [0.4, 0.5) is 0 Å². The van der Waals surface area contributed by atoms with Crippen LogP contribution in [0.15, 0.2) is 42.5 Å². The first kappa shape index (κ1) is 13.1. The monoisotopic (exact) mass is 400 g/mol. The minimum Gasteiger partial charge on any atom is -0.331 e. The Morgan fingerprint density at radius 3 is 2.84 bits per heavy atom. The Kier molecular flexibility index (Phi) is 3.64. The fourth-order valence-electron chi connectivity index (χ4n) is 2.11. The second-order valence-corrected chi connectivity index (χ2v) is 6.38. The van der Waals surface area contributed by atoms with Gasteiger partial charge in [0.25, 0.3) is 0 Å². The van der Waals surface area contributed by atoms with Gasteiger partial charge in [0.05, 0.1) is 17.6 Å². The number of hydrogen-bond acceptors (Lipinski definition) is 1. The summed E-state index contributed by atoms with van der Waals surface area (Å²) in [6.07, 6.45) is 0. The fourth-order valence-corrected chi connectivity index (χ4v) is 3.09. The number of imidazole rings is 1. The number of halogens is 2. The highest BCUT2D eigenvalue weighted by molar-refractivity contribution is 14.1. The number of benzene rings is 2. The zero-order valence-corrected chi connectivity index (χ0v) is 13.6. The molecule has 0 radical (unpaired) electrons. The van der Waals surface area contributed by atoms with Crippen molar-refractivity contribution >= 4 is 57.4 Å². The van der Waals surface area contributed by atoms with Gasteiger partial charge in [-0.2, -0.15) is 0 Å². The van der Waals surface area contributed by atoms with Crippen LogP contribution in [0, 0.1) is 8.34 Å². The van der Waals surface area contributed by atoms with E-state index in [-0.39, 0.29) is 0 Å². The lowest BCUT2D eigenvalue weighted by atomic mass is 10.2. The van der Waals surface area contributed by atoms with Gasteiger partial charge in [0.2, 0.25) is 0 Å². The summed E-state index contributed by atoms with van der Waals surface area (Å²) in [4.78, 5) is 3.24. The van der Waals surface area contributed by atoms with E-state index in [0.717, 1.165) is 32.9 Å². The highest BCUT2D eigenvalue weighted by Crippen LogP contribution is 2.19. The maximum Gasteiger partial charge on any atom is 0.178 e. The van der Waals surface area contributed by atoms with Gasteiger partial charge in [0.15, 0.2) is 4.77 Å². The second-order valence-electron chi connectivity index (χ2n) is 4.31. The lowest BCUT2D eigenvalue weighted by molar-refractivity contribution is 0.810. The molecule has 2 aromatic carbocycles. The number of fused-ring (bicyclic) bond motifs is 1. The van der Waals surface area contributed by atoms with Gasteiger partial charge in [-0.25, -0.2) is 0 Å². The summed E-state index contributed by atoms with van der Waals surface area (Å²) in [7, 11) is 0. The molecule has 1 aromatic heterocycles. The molecule has 0 atom stereocenters. The topological polar surface area (TPSA) is 20.7 Å². The van der Waals surface area contributed by atoms with E-state index in [9.17, 15) is 0 Å². The van der Waals surface area contributed by atoms with Gasteiger partial charge in [-0.15, -0.1) is 0 Å². The molecule has 0 amide bonds. The molecule has 19 heavy (non-hydrogen) atoms. The molecule has 0 unspecified atom stereocenters. The summed E-state index contributed by atoms with van der Waals surface area (Å²) in [5.74, 6) is 0. The van der Waals surface area contributed by atoms with Crippen LogP contribution in [0.25, 0.3) is 11.0 Å². The van der Waals surface area contributed by atoms with Crippen LogP contribution < -0.4 is 0 Å². The van der Waals surface area contributed by atoms with E-state index in [0.29, 0.717) is 0 Å². The van der Waals surface area contributed by atoms with Crippen molar-refractivity contribution in [2.45, 2.75) is 6.54 Å². The molecule has 5 heteroatoms. The molecule has 0 fully saturated rings. The molecule has 3 aromatic rings. The average molecular weight is 401 g/mol. The highest BCUT2D eigenvalue weighted by Gasteiger charge is 2.05. The van der Waals surface area contributed by atoms with E-state index in [1.807, 2.05) is 18.2 Å². The highest BCUT2D eigenvalue weighted by atomic mass is 127. The molecule has 2 nitrogen and oxygen atoms in total. The lowest BCUT2D eigenvalue weighted by Gasteiger charge is -2.05. The molecule has 1 N–H and O–H groups in total. The van der Waals surface area contributed by atoms with Crippen molar-refractivity contribution in [2.24, 2.45) is 0 Å². The molecule has 0 aliphatic heterocycles. The van der Waals surface area contributed by atoms with Crippen LogP contribution in [0.3, 0.4) is 0 Å². The fraction of sp³-hybridized carbons (Fsp3) is 0.0714. The molecular weight excluding hydrogens is 391 g/mol. The Labute approximate surface area is 134 Å². The molecule has 1 heterocycles. The van der Waals surface area contributed by atoms with E-state index in [1.54, 1.807) is 0 Å². The number of nitrogens with zero attached hydrogens (tertiary/aromatic N) is 1. The second kappa shape index (κ2) is 5.26. The van der Waals surface area contributed by atoms with Crippen molar-refractivity contribution < 1.29 is 0 Å². The smallest absolute Gasteiger partial charge is 0.178 e. The van der Waals surface area contributed by atoms with E-state index in [4.69, 9.17) is 23.8 Å². The molecular formula is C14H10ClIN2S. The summed E-state index contributed by atoms with van der Waals surface area (Å²) in [5, 5.41) is 0.749. The van der Waals surface area contributed by atoms with Crippen molar-refractivity contribution in [3.8, 4) is 0 Å². The number of aromatic nitrogens is 2. The van der Waals surface area contributed by atoms with Gasteiger partial charge in [0, 0.05) is 8.59 Å². The van der Waals surface area contributed by atoms with E-state index < -0.39 is 0 Å². The normalized spacial score (nSPS) is 11.1. The predicted molar refractivity (Wildman–Crippen MR) is 90.4 cm³/mol. The number of aromatic amines is 1. The van der Waals surface area contributed by atoms with E-state index >= 15 is 0 Å². The zero-order valence-electron chi connectivity index (χ0n) is 9.86. The maximum atomic E-state index is 6.02. The largest absolute Gasteiger partial charge is 0.331 e. The maximum absolute atomic E-state index is 6.02. The van der Waals surface area contributed by atoms with Crippen LogP contribution in [0.1, 0.15) is 5.56 Å². The van der Waals surface area contributed by atoms with Crippen LogP contribution in [0.5, 0.6) is 0 Å². The van der Waals surface area contributed by atoms with Crippen LogP contribution in [0.2, 0.25) is 5.02 Å². The standard InChI is InChI=1S/C14H10ClIN2S/c15-10-3-1-2-9(6-10)8-18-13-5-4-11(16)7-12(13)17-14(18)19/h1-7H,8H2,(H,17,19). The molecule has 0 saturated heterocycles. The number of H-pyrrole nitrogens is 1. The van der Waals surface area contributed by atoms with Crippen LogP contribution in [-0.2, 0) is 6.54 Å². The molecule has 0 bridgehead atoms. The van der Waals surface area contributed by atoms with Gasteiger partial charge in [0.1, 0.15) is 0 Å². The van der Waals surface area contributed by atoms with Gasteiger partial charge in [-0.3, -0.25) is 0 Å². The molecule has 3 rings (SSSR count). The first-order valence-electron chi connectivity index (χ1n) is 5.76. The zero-order chi connectivity index (χ0) is 13.4. The number of hydrogen-bond donors (Lipinski definition) is 1. The predicted octanol–water partition coefficient (Wildman–Crippen LogP) is 5.01. The molecule has 96 valence electrons. The Balaban J connectivity index is 2.10. The minimum atomic E-state index is 0.722. The van der Waals surface area contributed by atoms with Crippen molar-refractivity contribution in [1.29, 1.82) is 0 Å². The summed E-state index contributed by atoms with van der Waals surface area (Å²) in [6.45, 7) is 0.722. The van der Waals surface area contributed by atoms with Crippen molar-refractivity contribution in [2.75, 3.05) is 0 Å². The van der Waals surface area contributed by atoms with Crippen molar-refractivity contribution in [3.05, 3.63) is 61.4 Å². The van der Waals surface area contributed by atoms with Gasteiger partial charge < -0.3 is 9.55 Å².